The van der Waals surface area contributed by atoms with Crippen molar-refractivity contribution in [1.29, 1.82) is 0 Å². The Morgan fingerprint density at radius 1 is 0.654 bits per heavy atom. The average Bonchev–Trinajstić information content (AvgIpc) is 2.60. The van der Waals surface area contributed by atoms with E-state index in [1.165, 1.54) is 64.2 Å². The summed E-state index contributed by atoms with van der Waals surface area (Å²) < 4.78 is 0. The van der Waals surface area contributed by atoms with Gasteiger partial charge in [0, 0.05) is 17.6 Å². The minimum Gasteiger partial charge on any atom is -0.103 e. The third-order valence-electron chi connectivity index (χ3n) is 9.99. The summed E-state index contributed by atoms with van der Waals surface area (Å²) in [6.07, 6.45) is 19.3. The van der Waals surface area contributed by atoms with E-state index in [9.17, 15) is 0 Å². The fourth-order valence-electron chi connectivity index (χ4n) is 9.92. The SMILES string of the molecule is C=CC1C2CC3CC(C2)CC1(P(Cl)C12CC4CC(CC(C4)C1C=C)C2)C3. The molecule has 8 aliphatic carbocycles. The molecular weight excluding hydrogens is 355 g/mol. The number of hydrogen-bond donors (Lipinski definition) is 0. The van der Waals surface area contributed by atoms with Crippen LogP contribution in [0.3, 0.4) is 0 Å². The smallest absolute Gasteiger partial charge is 0.0119 e. The van der Waals surface area contributed by atoms with Crippen LogP contribution in [-0.4, -0.2) is 10.3 Å². The number of rotatable bonds is 4. The monoisotopic (exact) mass is 388 g/mol. The van der Waals surface area contributed by atoms with Crippen LogP contribution in [0.25, 0.3) is 0 Å². The van der Waals surface area contributed by atoms with Crippen LogP contribution in [0.15, 0.2) is 25.3 Å². The van der Waals surface area contributed by atoms with E-state index in [4.69, 9.17) is 11.2 Å². The summed E-state index contributed by atoms with van der Waals surface area (Å²) in [6.45, 7) is 8.70. The Morgan fingerprint density at radius 3 is 1.31 bits per heavy atom. The van der Waals surface area contributed by atoms with E-state index < -0.39 is 7.27 Å². The molecule has 0 amide bonds. The maximum atomic E-state index is 7.84. The number of halogens is 1. The fourth-order valence-corrected chi connectivity index (χ4v) is 15.1. The molecule has 0 heterocycles. The lowest BCUT2D eigenvalue weighted by Gasteiger charge is -2.69. The molecule has 26 heavy (non-hydrogen) atoms. The van der Waals surface area contributed by atoms with Crippen molar-refractivity contribution >= 4 is 18.5 Å². The van der Waals surface area contributed by atoms with Gasteiger partial charge in [0.05, 0.1) is 0 Å². The Balaban J connectivity index is 1.44. The summed E-state index contributed by atoms with van der Waals surface area (Å²) >= 11 is 7.84. The minimum atomic E-state index is -0.489. The van der Waals surface area contributed by atoms with Crippen LogP contribution in [0.2, 0.25) is 0 Å². The third kappa shape index (κ3) is 2.03. The van der Waals surface area contributed by atoms with Crippen molar-refractivity contribution in [3.8, 4) is 0 Å². The van der Waals surface area contributed by atoms with Gasteiger partial charge in [-0.3, -0.25) is 0 Å². The standard InChI is InChI=1S/C24H34ClP/c1-3-21-19-7-15-5-16(8-19)12-23(21,11-15)26(25)24-13-17-6-18(14-24)10-20(9-17)22(24)4-2/h3-4,15-22H,1-2,5-14H2. The first kappa shape index (κ1) is 17.1. The zero-order chi connectivity index (χ0) is 17.7. The molecule has 0 saturated heterocycles. The van der Waals surface area contributed by atoms with Crippen molar-refractivity contribution in [3.63, 3.8) is 0 Å². The Bertz CT molecular complexity index is 558. The highest BCUT2D eigenvalue weighted by Gasteiger charge is 2.67. The molecule has 6 unspecified atom stereocenters. The summed E-state index contributed by atoms with van der Waals surface area (Å²) in [7, 11) is -0.489. The third-order valence-corrected chi connectivity index (χ3v) is 14.9. The van der Waals surface area contributed by atoms with E-state index in [0.29, 0.717) is 22.1 Å². The molecule has 8 rings (SSSR count). The van der Waals surface area contributed by atoms with E-state index in [0.717, 1.165) is 35.5 Å². The molecular formula is C24H34ClP. The fraction of sp³-hybridized carbons (Fsp3) is 0.833. The molecule has 0 N–H and O–H groups in total. The highest BCUT2D eigenvalue weighted by molar-refractivity contribution is 7.86. The second-order valence-electron chi connectivity index (χ2n) is 11.2. The minimum absolute atomic E-state index is 0.417. The van der Waals surface area contributed by atoms with Gasteiger partial charge in [-0.15, -0.1) is 13.2 Å². The van der Waals surface area contributed by atoms with Crippen molar-refractivity contribution in [2.75, 3.05) is 0 Å². The molecule has 6 atom stereocenters. The van der Waals surface area contributed by atoms with Crippen LogP contribution in [0.5, 0.6) is 0 Å². The lowest BCUT2D eigenvalue weighted by Crippen LogP contribution is -2.61. The Kier molecular flexibility index (Phi) is 3.70. The van der Waals surface area contributed by atoms with Crippen molar-refractivity contribution in [2.24, 2.45) is 47.3 Å². The average molecular weight is 389 g/mol. The molecule has 8 bridgehead atoms. The zero-order valence-corrected chi connectivity index (χ0v) is 17.7. The molecule has 142 valence electrons. The van der Waals surface area contributed by atoms with E-state index in [2.05, 4.69) is 25.3 Å². The van der Waals surface area contributed by atoms with Gasteiger partial charge in [0.25, 0.3) is 0 Å². The van der Waals surface area contributed by atoms with Gasteiger partial charge in [-0.05, 0) is 112 Å². The predicted molar refractivity (Wildman–Crippen MR) is 113 cm³/mol. The van der Waals surface area contributed by atoms with Crippen LogP contribution in [0.1, 0.15) is 64.2 Å². The molecule has 2 heteroatoms. The molecule has 0 radical (unpaired) electrons. The van der Waals surface area contributed by atoms with Gasteiger partial charge in [-0.1, -0.05) is 23.4 Å². The zero-order valence-electron chi connectivity index (χ0n) is 16.1. The summed E-state index contributed by atoms with van der Waals surface area (Å²) in [6, 6.07) is 0. The van der Waals surface area contributed by atoms with Crippen molar-refractivity contribution in [2.45, 2.75) is 74.5 Å². The predicted octanol–water partition coefficient (Wildman–Crippen LogP) is 7.38. The molecule has 8 saturated carbocycles. The van der Waals surface area contributed by atoms with E-state index >= 15 is 0 Å². The van der Waals surface area contributed by atoms with Crippen molar-refractivity contribution < 1.29 is 0 Å². The van der Waals surface area contributed by atoms with Crippen molar-refractivity contribution in [3.05, 3.63) is 25.3 Å². The Morgan fingerprint density at radius 2 is 1.00 bits per heavy atom. The normalized spacial score (nSPS) is 60.2. The largest absolute Gasteiger partial charge is 0.103 e. The first-order valence-corrected chi connectivity index (χ1v) is 13.5. The van der Waals surface area contributed by atoms with Crippen LogP contribution in [0, 0.1) is 47.3 Å². The molecule has 8 fully saturated rings. The Hall–Kier alpha value is 0.200. The van der Waals surface area contributed by atoms with Gasteiger partial charge >= 0.3 is 0 Å². The molecule has 0 aromatic carbocycles. The van der Waals surface area contributed by atoms with E-state index in [-0.39, 0.29) is 0 Å². The lowest BCUT2D eigenvalue weighted by molar-refractivity contribution is -0.0155. The van der Waals surface area contributed by atoms with Crippen LogP contribution in [0.4, 0.5) is 0 Å². The summed E-state index contributed by atoms with van der Waals surface area (Å²) in [4.78, 5) is 0. The topological polar surface area (TPSA) is 0 Å². The molecule has 0 aliphatic heterocycles. The lowest BCUT2D eigenvalue weighted by atomic mass is 9.51. The van der Waals surface area contributed by atoms with Crippen LogP contribution >= 0.6 is 18.5 Å². The molecule has 0 spiro atoms. The Labute approximate surface area is 165 Å². The first-order chi connectivity index (χ1) is 12.6. The highest BCUT2D eigenvalue weighted by atomic mass is 35.7. The number of hydrogen-bond acceptors (Lipinski definition) is 0. The highest BCUT2D eigenvalue weighted by Crippen LogP contribution is 2.83. The summed E-state index contributed by atoms with van der Waals surface area (Å²) in [5, 5.41) is 0.834. The summed E-state index contributed by atoms with van der Waals surface area (Å²) in [5.41, 5.74) is 0. The van der Waals surface area contributed by atoms with Gasteiger partial charge in [0.1, 0.15) is 0 Å². The second-order valence-corrected chi connectivity index (χ2v) is 14.6. The van der Waals surface area contributed by atoms with Gasteiger partial charge in [-0.25, -0.2) is 0 Å². The summed E-state index contributed by atoms with van der Waals surface area (Å²) in [5.74, 6) is 7.12. The maximum Gasteiger partial charge on any atom is 0.0119 e. The maximum absolute atomic E-state index is 7.84. The van der Waals surface area contributed by atoms with Gasteiger partial charge in [0.2, 0.25) is 0 Å². The van der Waals surface area contributed by atoms with Gasteiger partial charge < -0.3 is 0 Å². The van der Waals surface area contributed by atoms with E-state index in [1.807, 2.05) is 0 Å². The molecule has 0 aromatic rings. The number of allylic oxidation sites excluding steroid dienone is 2. The first-order valence-electron chi connectivity index (χ1n) is 11.3. The van der Waals surface area contributed by atoms with Crippen LogP contribution < -0.4 is 0 Å². The molecule has 0 aromatic heterocycles. The van der Waals surface area contributed by atoms with Gasteiger partial charge in [0.15, 0.2) is 0 Å². The van der Waals surface area contributed by atoms with Crippen molar-refractivity contribution in [1.82, 2.24) is 0 Å². The quantitative estimate of drug-likeness (QED) is 0.348. The van der Waals surface area contributed by atoms with E-state index in [1.54, 1.807) is 0 Å². The molecule has 8 aliphatic rings. The van der Waals surface area contributed by atoms with Gasteiger partial charge in [-0.2, -0.15) is 0 Å². The second kappa shape index (κ2) is 5.63. The molecule has 0 nitrogen and oxygen atoms in total. The van der Waals surface area contributed by atoms with Crippen LogP contribution in [-0.2, 0) is 0 Å².